The third-order valence-electron chi connectivity index (χ3n) is 4.74. The van der Waals surface area contributed by atoms with E-state index in [1.807, 2.05) is 72.5 Å². The Morgan fingerprint density at radius 1 is 0.964 bits per heavy atom. The third kappa shape index (κ3) is 4.22. The number of amides is 1. The maximum atomic E-state index is 12.5. The Hall–Kier alpha value is -2.73. The lowest BCUT2D eigenvalue weighted by atomic mass is 10.0. The van der Waals surface area contributed by atoms with Gasteiger partial charge in [-0.25, -0.2) is 4.98 Å². The van der Waals surface area contributed by atoms with E-state index in [1.165, 1.54) is 11.8 Å². The van der Waals surface area contributed by atoms with E-state index >= 15 is 0 Å². The molecule has 0 bridgehead atoms. The molecule has 1 amide bonds. The minimum Gasteiger partial charge on any atom is -0.339 e. The van der Waals surface area contributed by atoms with Gasteiger partial charge in [0, 0.05) is 23.7 Å². The van der Waals surface area contributed by atoms with Gasteiger partial charge in [-0.3, -0.25) is 4.79 Å². The summed E-state index contributed by atoms with van der Waals surface area (Å²) in [6.45, 7) is 2.78. The van der Waals surface area contributed by atoms with Crippen molar-refractivity contribution in [1.82, 2.24) is 20.1 Å². The molecule has 4 rings (SSSR count). The Morgan fingerprint density at radius 3 is 2.14 bits per heavy atom. The Morgan fingerprint density at radius 2 is 1.57 bits per heavy atom. The van der Waals surface area contributed by atoms with E-state index in [4.69, 9.17) is 4.98 Å². The Balaban J connectivity index is 1.60. The molecule has 0 spiro atoms. The highest BCUT2D eigenvalue weighted by molar-refractivity contribution is 7.99. The summed E-state index contributed by atoms with van der Waals surface area (Å²) < 4.78 is 0. The zero-order valence-corrected chi connectivity index (χ0v) is 16.6. The van der Waals surface area contributed by atoms with E-state index < -0.39 is 0 Å². The first-order valence-electron chi connectivity index (χ1n) is 9.54. The molecule has 1 aromatic heterocycles. The third-order valence-corrected chi connectivity index (χ3v) is 5.56. The molecule has 0 aliphatic heterocycles. The lowest BCUT2D eigenvalue weighted by molar-refractivity contribution is -0.128. The molecule has 142 valence electrons. The highest BCUT2D eigenvalue weighted by Crippen LogP contribution is 2.30. The molecule has 1 aliphatic rings. The Labute approximate surface area is 169 Å². The van der Waals surface area contributed by atoms with Crippen molar-refractivity contribution in [2.75, 3.05) is 12.3 Å². The number of carbonyl (C=O) groups is 1. The largest absolute Gasteiger partial charge is 0.339 e. The van der Waals surface area contributed by atoms with Gasteiger partial charge in [-0.15, -0.1) is 10.2 Å². The molecular weight excluding hydrogens is 368 g/mol. The molecule has 6 heteroatoms. The minimum absolute atomic E-state index is 0.145. The summed E-state index contributed by atoms with van der Waals surface area (Å²) in [7, 11) is 0. The Bertz CT molecular complexity index is 945. The van der Waals surface area contributed by atoms with Crippen LogP contribution in [0.4, 0.5) is 0 Å². The number of hydrogen-bond acceptors (Lipinski definition) is 5. The van der Waals surface area contributed by atoms with Gasteiger partial charge in [0.2, 0.25) is 11.1 Å². The predicted molar refractivity (Wildman–Crippen MR) is 112 cm³/mol. The van der Waals surface area contributed by atoms with Gasteiger partial charge < -0.3 is 4.90 Å². The number of thioether (sulfide) groups is 1. The van der Waals surface area contributed by atoms with Crippen LogP contribution >= 0.6 is 11.8 Å². The number of benzene rings is 2. The van der Waals surface area contributed by atoms with Gasteiger partial charge in [0.1, 0.15) is 11.4 Å². The first kappa shape index (κ1) is 18.6. The fourth-order valence-electron chi connectivity index (χ4n) is 3.19. The molecule has 0 unspecified atom stereocenters. The van der Waals surface area contributed by atoms with E-state index in [-0.39, 0.29) is 5.91 Å². The van der Waals surface area contributed by atoms with Gasteiger partial charge in [-0.05, 0) is 19.8 Å². The lowest BCUT2D eigenvalue weighted by Crippen LogP contribution is -2.34. The summed E-state index contributed by atoms with van der Waals surface area (Å²) in [6, 6.07) is 20.3. The molecule has 1 aliphatic carbocycles. The second-order valence-corrected chi connectivity index (χ2v) is 7.67. The average Bonchev–Trinajstić information content (AvgIpc) is 3.59. The first-order chi connectivity index (χ1) is 13.8. The number of hydrogen-bond donors (Lipinski definition) is 0. The van der Waals surface area contributed by atoms with E-state index in [1.54, 1.807) is 0 Å². The minimum atomic E-state index is 0.145. The van der Waals surface area contributed by atoms with Crippen molar-refractivity contribution in [3.05, 3.63) is 60.7 Å². The van der Waals surface area contributed by atoms with Crippen molar-refractivity contribution in [1.29, 1.82) is 0 Å². The fourth-order valence-corrected chi connectivity index (χ4v) is 3.87. The SMILES string of the molecule is CCN(C(=O)CSc1nnc(-c2ccccc2)c(-c2ccccc2)n1)C1CC1. The average molecular weight is 391 g/mol. The van der Waals surface area contributed by atoms with Crippen LogP contribution in [0, 0.1) is 0 Å². The molecule has 0 atom stereocenters. The smallest absolute Gasteiger partial charge is 0.233 e. The molecule has 0 saturated heterocycles. The molecule has 0 N–H and O–H groups in total. The van der Waals surface area contributed by atoms with Gasteiger partial charge in [0.25, 0.3) is 0 Å². The van der Waals surface area contributed by atoms with Crippen LogP contribution in [0.3, 0.4) is 0 Å². The topological polar surface area (TPSA) is 59.0 Å². The lowest BCUT2D eigenvalue weighted by Gasteiger charge is -2.19. The van der Waals surface area contributed by atoms with Gasteiger partial charge in [-0.1, -0.05) is 72.4 Å². The van der Waals surface area contributed by atoms with Crippen LogP contribution in [0.5, 0.6) is 0 Å². The molecule has 28 heavy (non-hydrogen) atoms. The van der Waals surface area contributed by atoms with Crippen molar-refractivity contribution < 1.29 is 4.79 Å². The molecule has 2 aromatic carbocycles. The molecule has 0 radical (unpaired) electrons. The number of carbonyl (C=O) groups excluding carboxylic acids is 1. The van der Waals surface area contributed by atoms with Crippen LogP contribution < -0.4 is 0 Å². The first-order valence-corrected chi connectivity index (χ1v) is 10.5. The van der Waals surface area contributed by atoms with Gasteiger partial charge in [0.15, 0.2) is 0 Å². The van der Waals surface area contributed by atoms with Crippen molar-refractivity contribution in [2.45, 2.75) is 31.0 Å². The summed E-state index contributed by atoms with van der Waals surface area (Å²) in [5, 5.41) is 9.27. The standard InChI is InChI=1S/C22H22N4OS/c1-2-26(18-13-14-18)19(27)15-28-22-23-20(16-9-5-3-6-10-16)21(24-25-22)17-11-7-4-8-12-17/h3-12,18H,2,13-15H2,1H3. The van der Waals surface area contributed by atoms with Crippen LogP contribution in [-0.4, -0.2) is 44.3 Å². The predicted octanol–water partition coefficient (Wildman–Crippen LogP) is 4.31. The van der Waals surface area contributed by atoms with Gasteiger partial charge >= 0.3 is 0 Å². The number of aromatic nitrogens is 3. The molecule has 1 fully saturated rings. The van der Waals surface area contributed by atoms with Crippen LogP contribution in [0.15, 0.2) is 65.8 Å². The second-order valence-electron chi connectivity index (χ2n) is 6.72. The van der Waals surface area contributed by atoms with Crippen molar-refractivity contribution in [2.24, 2.45) is 0 Å². The maximum Gasteiger partial charge on any atom is 0.233 e. The van der Waals surface area contributed by atoms with Crippen LogP contribution in [0.1, 0.15) is 19.8 Å². The molecule has 3 aromatic rings. The maximum absolute atomic E-state index is 12.5. The number of nitrogens with zero attached hydrogens (tertiary/aromatic N) is 4. The summed E-state index contributed by atoms with van der Waals surface area (Å²) in [4.78, 5) is 19.2. The summed E-state index contributed by atoms with van der Waals surface area (Å²) in [6.07, 6.45) is 2.23. The van der Waals surface area contributed by atoms with Gasteiger partial charge in [-0.2, -0.15) is 0 Å². The van der Waals surface area contributed by atoms with Gasteiger partial charge in [0.05, 0.1) is 5.75 Å². The fraction of sp³-hybridized carbons (Fsp3) is 0.273. The summed E-state index contributed by atoms with van der Waals surface area (Å²) in [5.74, 6) is 0.484. The Kier molecular flexibility index (Phi) is 5.67. The van der Waals surface area contributed by atoms with E-state index in [2.05, 4.69) is 10.2 Å². The molecule has 1 saturated carbocycles. The molecule has 5 nitrogen and oxygen atoms in total. The molecule has 1 heterocycles. The zero-order valence-electron chi connectivity index (χ0n) is 15.8. The monoisotopic (exact) mass is 390 g/mol. The highest BCUT2D eigenvalue weighted by Gasteiger charge is 2.31. The van der Waals surface area contributed by atoms with E-state index in [0.29, 0.717) is 17.0 Å². The second kappa shape index (κ2) is 8.52. The highest BCUT2D eigenvalue weighted by atomic mass is 32.2. The van der Waals surface area contributed by atoms with Crippen molar-refractivity contribution in [3.63, 3.8) is 0 Å². The normalized spacial score (nSPS) is 13.3. The zero-order chi connectivity index (χ0) is 19.3. The van der Waals surface area contributed by atoms with Crippen molar-refractivity contribution in [3.8, 4) is 22.5 Å². The number of rotatable bonds is 7. The van der Waals surface area contributed by atoms with Crippen LogP contribution in [0.25, 0.3) is 22.5 Å². The van der Waals surface area contributed by atoms with Crippen LogP contribution in [-0.2, 0) is 4.79 Å². The van der Waals surface area contributed by atoms with Crippen LogP contribution in [0.2, 0.25) is 0 Å². The summed E-state index contributed by atoms with van der Waals surface area (Å²) >= 11 is 1.35. The van der Waals surface area contributed by atoms with Crippen molar-refractivity contribution >= 4 is 17.7 Å². The van der Waals surface area contributed by atoms with E-state index in [0.717, 1.165) is 41.9 Å². The van der Waals surface area contributed by atoms with E-state index in [9.17, 15) is 4.79 Å². The summed E-state index contributed by atoms with van der Waals surface area (Å²) in [5.41, 5.74) is 3.49. The molecular formula is C22H22N4OS. The quantitative estimate of drug-likeness (QED) is 0.563.